The van der Waals surface area contributed by atoms with Crippen LogP contribution in [0.15, 0.2) is 18.3 Å². The lowest BCUT2D eigenvalue weighted by Gasteiger charge is -2.18. The molecule has 0 bridgehead atoms. The summed E-state index contributed by atoms with van der Waals surface area (Å²) in [4.78, 5) is 6.72. The summed E-state index contributed by atoms with van der Waals surface area (Å²) in [6.07, 6.45) is 4.24. The molecule has 0 aromatic carbocycles. The lowest BCUT2D eigenvalue weighted by atomic mass is 10.3. The van der Waals surface area contributed by atoms with Crippen LogP contribution in [-0.2, 0) is 9.84 Å². The Bertz CT molecular complexity index is 522. The summed E-state index contributed by atoms with van der Waals surface area (Å²) < 4.78 is 23.1. The molecule has 1 unspecified atom stereocenters. The van der Waals surface area contributed by atoms with Gasteiger partial charge in [-0.15, -0.1) is 0 Å². The van der Waals surface area contributed by atoms with Crippen LogP contribution in [0.2, 0.25) is 0 Å². The largest absolute Gasteiger partial charge is 0.380 e. The zero-order chi connectivity index (χ0) is 14.6. The van der Waals surface area contributed by atoms with Crippen LogP contribution in [-0.4, -0.2) is 44.0 Å². The second kappa shape index (κ2) is 6.43. The summed E-state index contributed by atoms with van der Waals surface area (Å²) >= 11 is 0. The van der Waals surface area contributed by atoms with Crippen LogP contribution >= 0.6 is 0 Å². The van der Waals surface area contributed by atoms with Gasteiger partial charge in [-0.3, -0.25) is 0 Å². The van der Waals surface area contributed by atoms with E-state index in [0.29, 0.717) is 0 Å². The van der Waals surface area contributed by atoms with Crippen molar-refractivity contribution < 1.29 is 8.42 Å². The number of pyridine rings is 1. The lowest BCUT2D eigenvalue weighted by Crippen LogP contribution is -2.26. The molecule has 1 saturated heterocycles. The van der Waals surface area contributed by atoms with E-state index in [4.69, 9.17) is 0 Å². The Morgan fingerprint density at radius 3 is 2.60 bits per heavy atom. The highest BCUT2D eigenvalue weighted by atomic mass is 32.2. The van der Waals surface area contributed by atoms with Crippen molar-refractivity contribution in [3.05, 3.63) is 18.3 Å². The van der Waals surface area contributed by atoms with Crippen molar-refractivity contribution in [2.24, 2.45) is 0 Å². The molecule has 2 rings (SSSR count). The Labute approximate surface area is 121 Å². The number of sulfone groups is 1. The molecule has 6 heteroatoms. The minimum absolute atomic E-state index is 0.112. The van der Waals surface area contributed by atoms with Crippen LogP contribution < -0.4 is 10.2 Å². The molecule has 0 aliphatic carbocycles. The van der Waals surface area contributed by atoms with Gasteiger partial charge in [0.25, 0.3) is 0 Å². The second-order valence-corrected chi connectivity index (χ2v) is 7.74. The highest BCUT2D eigenvalue weighted by molar-refractivity contribution is 7.91. The van der Waals surface area contributed by atoms with Crippen LogP contribution in [0.4, 0.5) is 11.5 Å². The fraction of sp³-hybridized carbons (Fsp3) is 0.643. The number of nitrogens with zero attached hydrogens (tertiary/aromatic N) is 2. The molecule has 2 heterocycles. The molecule has 0 saturated carbocycles. The van der Waals surface area contributed by atoms with Crippen molar-refractivity contribution in [2.75, 3.05) is 34.8 Å². The average molecular weight is 297 g/mol. The zero-order valence-electron chi connectivity index (χ0n) is 12.2. The molecule has 1 fully saturated rings. The van der Waals surface area contributed by atoms with Crippen molar-refractivity contribution in [3.8, 4) is 0 Å². The molecule has 0 radical (unpaired) electrons. The molecule has 1 N–H and O–H groups in total. The molecule has 1 aliphatic heterocycles. The maximum atomic E-state index is 11.6. The van der Waals surface area contributed by atoms with E-state index in [1.165, 1.54) is 12.8 Å². The maximum absolute atomic E-state index is 11.6. The van der Waals surface area contributed by atoms with E-state index in [-0.39, 0.29) is 17.5 Å². The molecular weight excluding hydrogens is 274 g/mol. The van der Waals surface area contributed by atoms with Crippen LogP contribution in [0.3, 0.4) is 0 Å². The lowest BCUT2D eigenvalue weighted by molar-refractivity contribution is 0.593. The summed E-state index contributed by atoms with van der Waals surface area (Å²) in [5, 5.41) is 3.19. The Hall–Kier alpha value is -1.30. The molecule has 0 amide bonds. The van der Waals surface area contributed by atoms with Crippen LogP contribution in [0, 0.1) is 0 Å². The number of aromatic nitrogens is 1. The minimum atomic E-state index is -2.95. The van der Waals surface area contributed by atoms with Gasteiger partial charge in [-0.1, -0.05) is 6.92 Å². The Balaban J connectivity index is 1.93. The predicted octanol–water partition coefficient (Wildman–Crippen LogP) is 1.92. The normalized spacial score (nSPS) is 17.2. The summed E-state index contributed by atoms with van der Waals surface area (Å²) in [7, 11) is -2.95. The van der Waals surface area contributed by atoms with E-state index in [1.54, 1.807) is 13.1 Å². The number of hydrogen-bond acceptors (Lipinski definition) is 5. The van der Waals surface area contributed by atoms with Crippen molar-refractivity contribution in [1.29, 1.82) is 0 Å². The Kier molecular flexibility index (Phi) is 4.86. The average Bonchev–Trinajstić information content (AvgIpc) is 2.93. The fourth-order valence-corrected chi connectivity index (χ4v) is 3.51. The van der Waals surface area contributed by atoms with Crippen molar-refractivity contribution in [2.45, 2.75) is 32.7 Å². The fourth-order valence-electron chi connectivity index (χ4n) is 2.43. The molecule has 20 heavy (non-hydrogen) atoms. The third-order valence-corrected chi connectivity index (χ3v) is 5.42. The monoisotopic (exact) mass is 297 g/mol. The molecule has 1 aromatic heterocycles. The Morgan fingerprint density at radius 1 is 1.35 bits per heavy atom. The van der Waals surface area contributed by atoms with Crippen molar-refractivity contribution in [1.82, 2.24) is 4.98 Å². The van der Waals surface area contributed by atoms with Crippen molar-refractivity contribution in [3.63, 3.8) is 0 Å². The van der Waals surface area contributed by atoms with E-state index in [9.17, 15) is 8.42 Å². The van der Waals surface area contributed by atoms with E-state index in [0.717, 1.165) is 24.6 Å². The summed E-state index contributed by atoms with van der Waals surface area (Å²) in [6, 6.07) is 3.85. The standard InChI is InChI=1S/C14H23N3O2S/c1-3-20(18,19)11-12(2)16-13-6-7-14(15-10-13)17-8-4-5-9-17/h6-7,10,12,16H,3-5,8-9,11H2,1-2H3. The van der Waals surface area contributed by atoms with E-state index < -0.39 is 9.84 Å². The van der Waals surface area contributed by atoms with Gasteiger partial charge in [0.05, 0.1) is 17.6 Å². The molecule has 1 aliphatic rings. The van der Waals surface area contributed by atoms with Crippen LogP contribution in [0.25, 0.3) is 0 Å². The molecular formula is C14H23N3O2S. The molecule has 0 spiro atoms. The van der Waals surface area contributed by atoms with Gasteiger partial charge in [-0.05, 0) is 31.9 Å². The second-order valence-electron chi connectivity index (χ2n) is 5.34. The Morgan fingerprint density at radius 2 is 2.05 bits per heavy atom. The summed E-state index contributed by atoms with van der Waals surface area (Å²) in [5.41, 5.74) is 0.867. The highest BCUT2D eigenvalue weighted by Gasteiger charge is 2.15. The number of hydrogen-bond donors (Lipinski definition) is 1. The molecule has 1 aromatic rings. The zero-order valence-corrected chi connectivity index (χ0v) is 13.0. The van der Waals surface area contributed by atoms with Crippen molar-refractivity contribution >= 4 is 21.3 Å². The van der Waals surface area contributed by atoms with E-state index in [2.05, 4.69) is 15.2 Å². The van der Waals surface area contributed by atoms with Gasteiger partial charge in [0.1, 0.15) is 5.82 Å². The summed E-state index contributed by atoms with van der Waals surface area (Å²) in [6.45, 7) is 5.70. The smallest absolute Gasteiger partial charge is 0.152 e. The van der Waals surface area contributed by atoms with Gasteiger partial charge in [0, 0.05) is 24.9 Å². The first-order valence-electron chi connectivity index (χ1n) is 7.18. The maximum Gasteiger partial charge on any atom is 0.152 e. The number of nitrogens with one attached hydrogen (secondary N) is 1. The first-order valence-corrected chi connectivity index (χ1v) is 9.00. The summed E-state index contributed by atoms with van der Waals surface area (Å²) in [5.74, 6) is 1.34. The first kappa shape index (κ1) is 15.1. The van der Waals surface area contributed by atoms with Gasteiger partial charge in [0.15, 0.2) is 9.84 Å². The number of anilines is 2. The first-order chi connectivity index (χ1) is 9.50. The topological polar surface area (TPSA) is 62.3 Å². The third-order valence-electron chi connectivity index (χ3n) is 3.53. The van der Waals surface area contributed by atoms with Crippen LogP contribution in [0.5, 0.6) is 0 Å². The van der Waals surface area contributed by atoms with Crippen LogP contribution in [0.1, 0.15) is 26.7 Å². The van der Waals surface area contributed by atoms with E-state index in [1.807, 2.05) is 19.1 Å². The van der Waals surface area contributed by atoms with Gasteiger partial charge in [-0.25, -0.2) is 13.4 Å². The molecule has 1 atom stereocenters. The third kappa shape index (κ3) is 4.10. The van der Waals surface area contributed by atoms with Gasteiger partial charge < -0.3 is 10.2 Å². The molecule has 5 nitrogen and oxygen atoms in total. The molecule has 112 valence electrons. The SMILES string of the molecule is CCS(=O)(=O)CC(C)Nc1ccc(N2CCCC2)nc1. The highest BCUT2D eigenvalue weighted by Crippen LogP contribution is 2.19. The quantitative estimate of drug-likeness (QED) is 0.869. The predicted molar refractivity (Wildman–Crippen MR) is 83.1 cm³/mol. The van der Waals surface area contributed by atoms with Gasteiger partial charge in [0.2, 0.25) is 0 Å². The minimum Gasteiger partial charge on any atom is -0.380 e. The van der Waals surface area contributed by atoms with Gasteiger partial charge >= 0.3 is 0 Å². The van der Waals surface area contributed by atoms with E-state index >= 15 is 0 Å². The van der Waals surface area contributed by atoms with Gasteiger partial charge in [-0.2, -0.15) is 0 Å². The number of rotatable bonds is 6.